The molecule has 1 atom stereocenters. The van der Waals surface area contributed by atoms with Crippen LogP contribution in [0.1, 0.15) is 12.8 Å². The number of aromatic hydroxyl groups is 1. The Morgan fingerprint density at radius 1 is 1.45 bits per heavy atom. The summed E-state index contributed by atoms with van der Waals surface area (Å²) in [6.07, 6.45) is 1.46. The zero-order chi connectivity index (χ0) is 14.5. The van der Waals surface area contributed by atoms with Gasteiger partial charge in [0, 0.05) is 11.4 Å². The lowest BCUT2D eigenvalue weighted by atomic mass is 10.2. The third-order valence-corrected chi connectivity index (χ3v) is 4.31. The highest BCUT2D eigenvalue weighted by molar-refractivity contribution is 8.00. The number of phenolic OH excluding ortho intramolecular Hbond substituents is 1. The monoisotopic (exact) mass is 295 g/mol. The lowest BCUT2D eigenvalue weighted by molar-refractivity contribution is -0.150. The van der Waals surface area contributed by atoms with Gasteiger partial charge in [-0.05, 0) is 25.0 Å². The van der Waals surface area contributed by atoms with Crippen LogP contribution in [0.5, 0.6) is 5.75 Å². The van der Waals surface area contributed by atoms with Crippen molar-refractivity contribution >= 4 is 23.6 Å². The van der Waals surface area contributed by atoms with Crippen molar-refractivity contribution < 1.29 is 19.4 Å². The number of hydrogen-bond donors (Lipinski definition) is 1. The smallest absolute Gasteiger partial charge is 0.328 e. The molecule has 1 saturated heterocycles. The fourth-order valence-electron chi connectivity index (χ4n) is 2.25. The van der Waals surface area contributed by atoms with Crippen LogP contribution in [0.2, 0.25) is 0 Å². The van der Waals surface area contributed by atoms with Crippen molar-refractivity contribution in [2.45, 2.75) is 23.8 Å². The summed E-state index contributed by atoms with van der Waals surface area (Å²) in [5, 5.41) is 9.65. The summed E-state index contributed by atoms with van der Waals surface area (Å²) in [7, 11) is 1.33. The first-order valence-electron chi connectivity index (χ1n) is 6.41. The van der Waals surface area contributed by atoms with Gasteiger partial charge in [-0.2, -0.15) is 0 Å². The van der Waals surface area contributed by atoms with Crippen molar-refractivity contribution in [1.29, 1.82) is 0 Å². The zero-order valence-corrected chi connectivity index (χ0v) is 12.1. The number of amides is 1. The van der Waals surface area contributed by atoms with Crippen molar-refractivity contribution in [3.05, 3.63) is 24.3 Å². The van der Waals surface area contributed by atoms with Gasteiger partial charge >= 0.3 is 5.97 Å². The molecule has 108 valence electrons. The summed E-state index contributed by atoms with van der Waals surface area (Å²) in [5.41, 5.74) is 0. The molecule has 0 unspecified atom stereocenters. The van der Waals surface area contributed by atoms with Crippen molar-refractivity contribution in [2.24, 2.45) is 0 Å². The van der Waals surface area contributed by atoms with Crippen molar-refractivity contribution in [2.75, 3.05) is 19.4 Å². The summed E-state index contributed by atoms with van der Waals surface area (Å²) >= 11 is 1.27. The van der Waals surface area contributed by atoms with E-state index in [9.17, 15) is 14.7 Å². The van der Waals surface area contributed by atoms with E-state index in [-0.39, 0.29) is 23.4 Å². The van der Waals surface area contributed by atoms with E-state index in [2.05, 4.69) is 0 Å². The van der Waals surface area contributed by atoms with Crippen molar-refractivity contribution in [3.63, 3.8) is 0 Å². The van der Waals surface area contributed by atoms with Gasteiger partial charge in [-0.15, -0.1) is 11.8 Å². The van der Waals surface area contributed by atoms with Crippen LogP contribution in [0.25, 0.3) is 0 Å². The molecule has 0 radical (unpaired) electrons. The molecule has 1 fully saturated rings. The molecule has 0 aromatic heterocycles. The van der Waals surface area contributed by atoms with Gasteiger partial charge in [0.05, 0.1) is 12.9 Å². The van der Waals surface area contributed by atoms with Crippen LogP contribution in [0.3, 0.4) is 0 Å². The molecule has 0 aliphatic carbocycles. The Bertz CT molecular complexity index is 506. The normalized spacial score (nSPS) is 18.1. The van der Waals surface area contributed by atoms with Gasteiger partial charge in [-0.1, -0.05) is 12.1 Å². The molecule has 0 bridgehead atoms. The van der Waals surface area contributed by atoms with Gasteiger partial charge in [-0.3, -0.25) is 4.79 Å². The number of likely N-dealkylation sites (tertiary alicyclic amines) is 1. The Morgan fingerprint density at radius 2 is 2.20 bits per heavy atom. The Balaban J connectivity index is 1.95. The van der Waals surface area contributed by atoms with E-state index >= 15 is 0 Å². The molecule has 1 aromatic carbocycles. The molecule has 0 spiro atoms. The predicted molar refractivity (Wildman–Crippen MR) is 75.6 cm³/mol. The Labute approximate surface area is 121 Å². The quantitative estimate of drug-likeness (QED) is 0.676. The van der Waals surface area contributed by atoms with Crippen LogP contribution in [-0.2, 0) is 14.3 Å². The SMILES string of the molecule is COC(=O)[C@H]1CCCN1C(=O)CSc1ccccc1O. The minimum absolute atomic E-state index is 0.105. The molecular weight excluding hydrogens is 278 g/mol. The number of phenols is 1. The summed E-state index contributed by atoms with van der Waals surface area (Å²) < 4.78 is 4.72. The van der Waals surface area contributed by atoms with Crippen LogP contribution >= 0.6 is 11.8 Å². The van der Waals surface area contributed by atoms with Crippen molar-refractivity contribution in [1.82, 2.24) is 4.90 Å². The van der Waals surface area contributed by atoms with Crippen LogP contribution in [-0.4, -0.2) is 47.3 Å². The van der Waals surface area contributed by atoms with Crippen molar-refractivity contribution in [3.8, 4) is 5.75 Å². The third-order valence-electron chi connectivity index (χ3n) is 3.26. The molecule has 1 N–H and O–H groups in total. The Morgan fingerprint density at radius 3 is 2.90 bits per heavy atom. The molecule has 2 rings (SSSR count). The first-order valence-corrected chi connectivity index (χ1v) is 7.40. The number of nitrogens with zero attached hydrogens (tertiary/aromatic N) is 1. The van der Waals surface area contributed by atoms with Crippen LogP contribution in [0.4, 0.5) is 0 Å². The molecule has 1 heterocycles. The number of rotatable bonds is 4. The summed E-state index contributed by atoms with van der Waals surface area (Å²) in [6, 6.07) is 6.42. The second kappa shape index (κ2) is 6.65. The number of carbonyl (C=O) groups excluding carboxylic acids is 2. The largest absolute Gasteiger partial charge is 0.507 e. The third kappa shape index (κ3) is 3.25. The van der Waals surface area contributed by atoms with E-state index in [0.29, 0.717) is 17.9 Å². The van der Waals surface area contributed by atoms with E-state index in [1.165, 1.54) is 18.9 Å². The first-order chi connectivity index (χ1) is 9.63. The number of ether oxygens (including phenoxy) is 1. The lowest BCUT2D eigenvalue weighted by Gasteiger charge is -2.22. The molecule has 6 heteroatoms. The van der Waals surface area contributed by atoms with Gasteiger partial charge in [0.2, 0.25) is 5.91 Å². The van der Waals surface area contributed by atoms with Gasteiger partial charge in [0.1, 0.15) is 11.8 Å². The second-order valence-electron chi connectivity index (χ2n) is 4.52. The van der Waals surface area contributed by atoms with Gasteiger partial charge < -0.3 is 14.7 Å². The number of para-hydroxylation sites is 1. The number of benzene rings is 1. The average molecular weight is 295 g/mol. The Hall–Kier alpha value is -1.69. The summed E-state index contributed by atoms with van der Waals surface area (Å²) in [6.45, 7) is 0.583. The minimum atomic E-state index is -0.461. The molecular formula is C14H17NO4S. The van der Waals surface area contributed by atoms with Gasteiger partial charge in [0.25, 0.3) is 0 Å². The maximum atomic E-state index is 12.2. The first kappa shape index (κ1) is 14.7. The van der Waals surface area contributed by atoms with E-state index < -0.39 is 6.04 Å². The number of hydrogen-bond acceptors (Lipinski definition) is 5. The Kier molecular flexibility index (Phi) is 4.89. The van der Waals surface area contributed by atoms with Crippen LogP contribution in [0, 0.1) is 0 Å². The number of thioether (sulfide) groups is 1. The van der Waals surface area contributed by atoms with E-state index in [1.54, 1.807) is 29.2 Å². The second-order valence-corrected chi connectivity index (χ2v) is 5.54. The highest BCUT2D eigenvalue weighted by Crippen LogP contribution is 2.28. The number of methoxy groups -OCH3 is 1. The highest BCUT2D eigenvalue weighted by Gasteiger charge is 2.34. The highest BCUT2D eigenvalue weighted by atomic mass is 32.2. The molecule has 20 heavy (non-hydrogen) atoms. The standard InChI is InChI=1S/C14H17NO4S/c1-19-14(18)10-5-4-8-15(10)13(17)9-20-12-7-3-2-6-11(12)16/h2-3,6-7,10,16H,4-5,8-9H2,1H3/t10-/m1/s1. The van der Waals surface area contributed by atoms with Crippen LogP contribution in [0.15, 0.2) is 29.2 Å². The van der Waals surface area contributed by atoms with E-state index in [4.69, 9.17) is 4.74 Å². The average Bonchev–Trinajstić information content (AvgIpc) is 2.94. The molecule has 1 aromatic rings. The maximum Gasteiger partial charge on any atom is 0.328 e. The zero-order valence-electron chi connectivity index (χ0n) is 11.2. The minimum Gasteiger partial charge on any atom is -0.507 e. The summed E-state index contributed by atoms with van der Waals surface area (Å²) in [4.78, 5) is 26.0. The fourth-order valence-corrected chi connectivity index (χ4v) is 3.08. The molecule has 1 amide bonds. The lowest BCUT2D eigenvalue weighted by Crippen LogP contribution is -2.41. The van der Waals surface area contributed by atoms with Crippen LogP contribution < -0.4 is 0 Å². The van der Waals surface area contributed by atoms with Gasteiger partial charge in [0.15, 0.2) is 0 Å². The topological polar surface area (TPSA) is 66.8 Å². The van der Waals surface area contributed by atoms with E-state index in [1.807, 2.05) is 0 Å². The maximum absolute atomic E-state index is 12.2. The predicted octanol–water partition coefficient (Wildman–Crippen LogP) is 1.65. The number of carbonyl (C=O) groups is 2. The molecule has 1 aliphatic rings. The number of esters is 1. The molecule has 1 aliphatic heterocycles. The fraction of sp³-hybridized carbons (Fsp3) is 0.429. The van der Waals surface area contributed by atoms with Gasteiger partial charge in [-0.25, -0.2) is 4.79 Å². The summed E-state index contributed by atoms with van der Waals surface area (Å²) in [5.74, 6) is -0.101. The molecule has 0 saturated carbocycles. The molecule has 5 nitrogen and oxygen atoms in total. The van der Waals surface area contributed by atoms with E-state index in [0.717, 1.165) is 6.42 Å².